The van der Waals surface area contributed by atoms with Crippen molar-refractivity contribution in [2.45, 2.75) is 0 Å². The van der Waals surface area contributed by atoms with E-state index in [0.717, 1.165) is 11.1 Å². The van der Waals surface area contributed by atoms with Gasteiger partial charge in [0.1, 0.15) is 17.4 Å². The Hall–Kier alpha value is -3.14. The number of carbonyl (C=O) groups excluding carboxylic acids is 1. The number of anilines is 1. The second kappa shape index (κ2) is 8.49. The van der Waals surface area contributed by atoms with E-state index in [9.17, 15) is 10.1 Å². The fraction of sp³-hybridized carbons (Fsp3) is 0.0500. The van der Waals surface area contributed by atoms with Crippen LogP contribution in [-0.4, -0.2) is 18.0 Å². The van der Waals surface area contributed by atoms with Crippen LogP contribution in [-0.2, 0) is 4.79 Å². The number of hydrogen-bond acceptors (Lipinski definition) is 5. The van der Waals surface area contributed by atoms with Crippen LogP contribution < -0.4 is 10.1 Å². The molecule has 2 aromatic carbocycles. The van der Waals surface area contributed by atoms with Crippen LogP contribution in [0.3, 0.4) is 0 Å². The molecule has 0 spiro atoms. The van der Waals surface area contributed by atoms with E-state index in [4.69, 9.17) is 16.3 Å². The molecule has 1 N–H and O–H groups in total. The normalized spacial score (nSPS) is 10.9. The molecule has 0 fully saturated rings. The van der Waals surface area contributed by atoms with Gasteiger partial charge in [0.2, 0.25) is 0 Å². The molecule has 0 radical (unpaired) electrons. The van der Waals surface area contributed by atoms with E-state index in [1.807, 2.05) is 24.3 Å². The predicted octanol–water partition coefficient (Wildman–Crippen LogP) is 5.02. The highest BCUT2D eigenvalue weighted by Crippen LogP contribution is 2.30. The second-order valence-electron chi connectivity index (χ2n) is 5.41. The van der Waals surface area contributed by atoms with Gasteiger partial charge in [0.25, 0.3) is 5.91 Å². The third-order valence-corrected chi connectivity index (χ3v) is 4.75. The number of rotatable bonds is 5. The summed E-state index contributed by atoms with van der Waals surface area (Å²) in [5, 5.41) is 14.8. The number of aromatic nitrogens is 1. The van der Waals surface area contributed by atoms with Crippen LogP contribution in [0.15, 0.2) is 59.5 Å². The number of thiazole rings is 1. The summed E-state index contributed by atoms with van der Waals surface area (Å²) < 4.78 is 5.09. The quantitative estimate of drug-likeness (QED) is 0.486. The van der Waals surface area contributed by atoms with E-state index in [1.54, 1.807) is 42.8 Å². The van der Waals surface area contributed by atoms with Crippen LogP contribution in [0, 0.1) is 11.3 Å². The van der Waals surface area contributed by atoms with Gasteiger partial charge in [0, 0.05) is 16.0 Å². The molecule has 0 aliphatic rings. The molecule has 5 nitrogen and oxygen atoms in total. The van der Waals surface area contributed by atoms with Crippen LogP contribution in [0.4, 0.5) is 5.13 Å². The highest BCUT2D eigenvalue weighted by Gasteiger charge is 2.13. The molecule has 0 aliphatic carbocycles. The fourth-order valence-electron chi connectivity index (χ4n) is 2.30. The molecular formula is C20H14ClN3O2S. The molecule has 1 heterocycles. The molecule has 3 aromatic rings. The van der Waals surface area contributed by atoms with Gasteiger partial charge in [-0.15, -0.1) is 11.3 Å². The summed E-state index contributed by atoms with van der Waals surface area (Å²) in [6.45, 7) is 0. The van der Waals surface area contributed by atoms with Crippen molar-refractivity contribution in [2.75, 3.05) is 12.4 Å². The summed E-state index contributed by atoms with van der Waals surface area (Å²) >= 11 is 7.44. The van der Waals surface area contributed by atoms with E-state index in [0.29, 0.717) is 21.6 Å². The summed E-state index contributed by atoms with van der Waals surface area (Å²) in [6, 6.07) is 16.3. The average Bonchev–Trinajstić information content (AvgIpc) is 3.15. The first kappa shape index (κ1) is 18.6. The highest BCUT2D eigenvalue weighted by molar-refractivity contribution is 7.14. The number of hydrogen-bond donors (Lipinski definition) is 1. The molecule has 134 valence electrons. The maximum atomic E-state index is 12.4. The number of benzene rings is 2. The monoisotopic (exact) mass is 395 g/mol. The lowest BCUT2D eigenvalue weighted by atomic mass is 10.1. The fourth-order valence-corrected chi connectivity index (χ4v) is 3.24. The van der Waals surface area contributed by atoms with E-state index >= 15 is 0 Å². The summed E-state index contributed by atoms with van der Waals surface area (Å²) in [5.74, 6) is 0.179. The van der Waals surface area contributed by atoms with Crippen LogP contribution in [0.5, 0.6) is 5.75 Å². The van der Waals surface area contributed by atoms with Crippen molar-refractivity contribution in [3.8, 4) is 23.1 Å². The largest absolute Gasteiger partial charge is 0.497 e. The SMILES string of the molecule is COc1ccc(/C=C(\C#N)C(=O)Nc2nc(-c3ccccc3Cl)cs2)cc1. The van der Waals surface area contributed by atoms with Gasteiger partial charge >= 0.3 is 0 Å². The number of nitrogens with zero attached hydrogens (tertiary/aromatic N) is 2. The van der Waals surface area contributed by atoms with Crippen LogP contribution >= 0.6 is 22.9 Å². The molecule has 7 heteroatoms. The van der Waals surface area contributed by atoms with Gasteiger partial charge < -0.3 is 4.74 Å². The number of amides is 1. The van der Waals surface area contributed by atoms with Gasteiger partial charge in [0.05, 0.1) is 12.8 Å². The number of nitrogens with one attached hydrogen (secondary N) is 1. The van der Waals surface area contributed by atoms with Gasteiger partial charge in [-0.2, -0.15) is 5.26 Å². The lowest BCUT2D eigenvalue weighted by molar-refractivity contribution is -0.112. The van der Waals surface area contributed by atoms with Gasteiger partial charge in [0.15, 0.2) is 5.13 Å². The molecule has 1 aromatic heterocycles. The molecule has 0 saturated carbocycles. The van der Waals surface area contributed by atoms with Crippen molar-refractivity contribution in [1.29, 1.82) is 5.26 Å². The van der Waals surface area contributed by atoms with Gasteiger partial charge in [-0.1, -0.05) is 41.9 Å². The summed E-state index contributed by atoms with van der Waals surface area (Å²) in [4.78, 5) is 16.8. The van der Waals surface area contributed by atoms with Crippen molar-refractivity contribution >= 4 is 40.1 Å². The van der Waals surface area contributed by atoms with Gasteiger partial charge in [-0.3, -0.25) is 10.1 Å². The zero-order valence-corrected chi connectivity index (χ0v) is 15.8. The number of nitriles is 1. The van der Waals surface area contributed by atoms with Crippen LogP contribution in [0.1, 0.15) is 5.56 Å². The predicted molar refractivity (Wildman–Crippen MR) is 108 cm³/mol. The second-order valence-corrected chi connectivity index (χ2v) is 6.68. The van der Waals surface area contributed by atoms with Crippen LogP contribution in [0.2, 0.25) is 5.02 Å². The van der Waals surface area contributed by atoms with Gasteiger partial charge in [-0.25, -0.2) is 4.98 Å². The molecule has 0 aliphatic heterocycles. The van der Waals surface area contributed by atoms with Crippen molar-refractivity contribution in [3.05, 3.63) is 70.1 Å². The number of methoxy groups -OCH3 is 1. The topological polar surface area (TPSA) is 75.0 Å². The maximum Gasteiger partial charge on any atom is 0.268 e. The Bertz CT molecular complexity index is 1040. The first-order valence-electron chi connectivity index (χ1n) is 7.88. The minimum atomic E-state index is -0.520. The van der Waals surface area contributed by atoms with Crippen molar-refractivity contribution < 1.29 is 9.53 Å². The van der Waals surface area contributed by atoms with Crippen molar-refractivity contribution in [2.24, 2.45) is 0 Å². The Morgan fingerprint density at radius 1 is 1.26 bits per heavy atom. The average molecular weight is 396 g/mol. The summed E-state index contributed by atoms with van der Waals surface area (Å²) in [7, 11) is 1.57. The molecule has 1 amide bonds. The van der Waals surface area contributed by atoms with Crippen molar-refractivity contribution in [3.63, 3.8) is 0 Å². The van der Waals surface area contributed by atoms with Gasteiger partial charge in [-0.05, 0) is 29.8 Å². The molecule has 0 atom stereocenters. The zero-order chi connectivity index (χ0) is 19.2. The smallest absolute Gasteiger partial charge is 0.268 e. The molecular weight excluding hydrogens is 382 g/mol. The molecule has 0 saturated heterocycles. The number of ether oxygens (including phenoxy) is 1. The Balaban J connectivity index is 1.76. The first-order valence-corrected chi connectivity index (χ1v) is 9.14. The lowest BCUT2D eigenvalue weighted by Crippen LogP contribution is -2.13. The first-order chi connectivity index (χ1) is 13.1. The van der Waals surface area contributed by atoms with E-state index in [2.05, 4.69) is 10.3 Å². The number of carbonyl (C=O) groups is 1. The van der Waals surface area contributed by atoms with Crippen LogP contribution in [0.25, 0.3) is 17.3 Å². The van der Waals surface area contributed by atoms with E-state index in [1.165, 1.54) is 17.4 Å². The third-order valence-electron chi connectivity index (χ3n) is 3.67. The highest BCUT2D eigenvalue weighted by atomic mass is 35.5. The summed E-state index contributed by atoms with van der Waals surface area (Å²) in [6.07, 6.45) is 1.51. The maximum absolute atomic E-state index is 12.4. The lowest BCUT2D eigenvalue weighted by Gasteiger charge is -2.02. The summed E-state index contributed by atoms with van der Waals surface area (Å²) in [5.41, 5.74) is 2.15. The van der Waals surface area contributed by atoms with E-state index in [-0.39, 0.29) is 5.57 Å². The van der Waals surface area contributed by atoms with E-state index < -0.39 is 5.91 Å². The molecule has 0 unspecified atom stereocenters. The Labute approximate surface area is 165 Å². The molecule has 0 bridgehead atoms. The molecule has 27 heavy (non-hydrogen) atoms. The Kier molecular flexibility index (Phi) is 5.87. The minimum Gasteiger partial charge on any atom is -0.497 e. The standard InChI is InChI=1S/C20H14ClN3O2S/c1-26-15-8-6-13(7-9-15)10-14(11-22)19(25)24-20-23-18(12-27-20)16-4-2-3-5-17(16)21/h2-10,12H,1H3,(H,23,24,25)/b14-10+. The third kappa shape index (κ3) is 4.53. The Morgan fingerprint density at radius 3 is 2.67 bits per heavy atom. The van der Waals surface area contributed by atoms with Crippen molar-refractivity contribution in [1.82, 2.24) is 4.98 Å². The Morgan fingerprint density at radius 2 is 2.00 bits per heavy atom. The number of halogens is 1. The minimum absolute atomic E-state index is 0.0188. The zero-order valence-electron chi connectivity index (χ0n) is 14.3. The molecule has 3 rings (SSSR count).